The zero-order chi connectivity index (χ0) is 23.9. The lowest BCUT2D eigenvalue weighted by Crippen LogP contribution is -2.42. The number of hydrogen-bond donors (Lipinski definition) is 1. The van der Waals surface area contributed by atoms with Crippen LogP contribution in [0.3, 0.4) is 0 Å². The van der Waals surface area contributed by atoms with Crippen molar-refractivity contribution >= 4 is 22.9 Å². The Labute approximate surface area is 202 Å². The van der Waals surface area contributed by atoms with Crippen molar-refractivity contribution in [1.29, 1.82) is 0 Å². The number of nitrogens with one attached hydrogen (secondary N) is 1. The van der Waals surface area contributed by atoms with Crippen LogP contribution in [0.2, 0.25) is 0 Å². The van der Waals surface area contributed by atoms with Gasteiger partial charge in [-0.25, -0.2) is 19.4 Å². The van der Waals surface area contributed by atoms with E-state index in [0.29, 0.717) is 6.54 Å². The Morgan fingerprint density at radius 1 is 1.06 bits per heavy atom. The predicted octanol–water partition coefficient (Wildman–Crippen LogP) is 4.74. The Morgan fingerprint density at radius 3 is 2.65 bits per heavy atom. The van der Waals surface area contributed by atoms with E-state index in [1.807, 2.05) is 46.1 Å². The van der Waals surface area contributed by atoms with Gasteiger partial charge < -0.3 is 15.1 Å². The van der Waals surface area contributed by atoms with E-state index < -0.39 is 0 Å². The molecule has 3 heterocycles. The Bertz CT molecular complexity index is 1080. The van der Waals surface area contributed by atoms with E-state index in [-0.39, 0.29) is 11.9 Å². The van der Waals surface area contributed by atoms with E-state index in [0.717, 1.165) is 86.6 Å². The van der Waals surface area contributed by atoms with Gasteiger partial charge in [0, 0.05) is 38.6 Å². The summed E-state index contributed by atoms with van der Waals surface area (Å²) in [5.74, 6) is 2.05. The molecule has 2 aromatic heterocycles. The highest BCUT2D eigenvalue weighted by molar-refractivity contribution is 5.88. The average Bonchev–Trinajstić information content (AvgIpc) is 3.13. The SMILES string of the molecule is CCCCNC(=O)N1CCCN(c2nc(C(C)CCC)nc3c2cnn3-c2ccccc2)CC1. The molecular weight excluding hydrogens is 426 g/mol. The Hall–Kier alpha value is -3.16. The number of unbranched alkanes of at least 4 members (excludes halogenated alkanes) is 1. The summed E-state index contributed by atoms with van der Waals surface area (Å²) in [5.41, 5.74) is 1.83. The van der Waals surface area contributed by atoms with Crippen LogP contribution in [0, 0.1) is 0 Å². The number of urea groups is 1. The van der Waals surface area contributed by atoms with Gasteiger partial charge in [0.15, 0.2) is 5.65 Å². The molecule has 2 amide bonds. The minimum atomic E-state index is 0.0392. The molecule has 1 atom stereocenters. The number of amides is 2. The van der Waals surface area contributed by atoms with Crippen LogP contribution in [0.5, 0.6) is 0 Å². The normalized spacial score (nSPS) is 15.4. The Morgan fingerprint density at radius 2 is 1.88 bits per heavy atom. The van der Waals surface area contributed by atoms with E-state index in [2.05, 4.69) is 36.1 Å². The first-order chi connectivity index (χ1) is 16.6. The van der Waals surface area contributed by atoms with Crippen molar-refractivity contribution in [2.75, 3.05) is 37.6 Å². The van der Waals surface area contributed by atoms with Crippen LogP contribution in [-0.2, 0) is 0 Å². The summed E-state index contributed by atoms with van der Waals surface area (Å²) in [6.07, 6.45) is 6.99. The number of benzene rings is 1. The Kier molecular flexibility index (Phi) is 7.98. The molecule has 1 N–H and O–H groups in total. The minimum Gasteiger partial charge on any atom is -0.354 e. The number of aromatic nitrogens is 4. The molecule has 4 rings (SSSR count). The molecule has 0 saturated carbocycles. The summed E-state index contributed by atoms with van der Waals surface area (Å²) in [6, 6.07) is 10.2. The highest BCUT2D eigenvalue weighted by Gasteiger charge is 2.24. The molecule has 8 nitrogen and oxygen atoms in total. The van der Waals surface area contributed by atoms with Gasteiger partial charge >= 0.3 is 6.03 Å². The van der Waals surface area contributed by atoms with Crippen LogP contribution in [-0.4, -0.2) is 63.4 Å². The number of para-hydroxylation sites is 1. The lowest BCUT2D eigenvalue weighted by atomic mass is 10.1. The first kappa shape index (κ1) is 24.0. The number of carbonyl (C=O) groups excluding carboxylic acids is 1. The smallest absolute Gasteiger partial charge is 0.317 e. The predicted molar refractivity (Wildman–Crippen MR) is 137 cm³/mol. The number of anilines is 1. The largest absolute Gasteiger partial charge is 0.354 e. The first-order valence-electron chi connectivity index (χ1n) is 12.7. The monoisotopic (exact) mass is 463 g/mol. The summed E-state index contributed by atoms with van der Waals surface area (Å²) in [4.78, 5) is 26.9. The molecule has 1 aliphatic heterocycles. The zero-order valence-corrected chi connectivity index (χ0v) is 20.7. The van der Waals surface area contributed by atoms with Gasteiger partial charge in [0.05, 0.1) is 17.3 Å². The van der Waals surface area contributed by atoms with E-state index in [9.17, 15) is 4.79 Å². The third kappa shape index (κ3) is 5.32. The fourth-order valence-electron chi connectivity index (χ4n) is 4.51. The molecular formula is C26H37N7O. The molecule has 0 bridgehead atoms. The molecule has 1 aromatic carbocycles. The number of carbonyl (C=O) groups is 1. The lowest BCUT2D eigenvalue weighted by molar-refractivity contribution is 0.201. The molecule has 182 valence electrons. The third-order valence-corrected chi connectivity index (χ3v) is 6.48. The van der Waals surface area contributed by atoms with E-state index >= 15 is 0 Å². The van der Waals surface area contributed by atoms with Crippen molar-refractivity contribution in [2.45, 2.75) is 58.8 Å². The molecule has 1 unspecified atom stereocenters. The van der Waals surface area contributed by atoms with Crippen molar-refractivity contribution in [1.82, 2.24) is 30.0 Å². The van der Waals surface area contributed by atoms with Gasteiger partial charge in [0.1, 0.15) is 11.6 Å². The molecule has 0 aliphatic carbocycles. The van der Waals surface area contributed by atoms with Gasteiger partial charge in [0.25, 0.3) is 0 Å². The average molecular weight is 464 g/mol. The topological polar surface area (TPSA) is 79.2 Å². The number of nitrogens with zero attached hydrogens (tertiary/aromatic N) is 6. The summed E-state index contributed by atoms with van der Waals surface area (Å²) < 4.78 is 1.91. The first-order valence-corrected chi connectivity index (χ1v) is 12.7. The second-order valence-corrected chi connectivity index (χ2v) is 9.14. The summed E-state index contributed by atoms with van der Waals surface area (Å²) >= 11 is 0. The maximum absolute atomic E-state index is 12.6. The number of rotatable bonds is 8. The fourth-order valence-corrected chi connectivity index (χ4v) is 4.51. The van der Waals surface area contributed by atoms with Gasteiger partial charge in [0.2, 0.25) is 0 Å². The van der Waals surface area contributed by atoms with Crippen LogP contribution in [0.15, 0.2) is 36.5 Å². The van der Waals surface area contributed by atoms with Crippen LogP contribution >= 0.6 is 0 Å². The number of fused-ring (bicyclic) bond motifs is 1. The van der Waals surface area contributed by atoms with Gasteiger partial charge in [-0.15, -0.1) is 0 Å². The van der Waals surface area contributed by atoms with E-state index in [4.69, 9.17) is 9.97 Å². The maximum Gasteiger partial charge on any atom is 0.317 e. The van der Waals surface area contributed by atoms with Crippen molar-refractivity contribution in [3.05, 3.63) is 42.4 Å². The minimum absolute atomic E-state index is 0.0392. The maximum atomic E-state index is 12.6. The summed E-state index contributed by atoms with van der Waals surface area (Å²) in [5, 5.41) is 8.70. The van der Waals surface area contributed by atoms with Gasteiger partial charge in [-0.05, 0) is 31.4 Å². The molecule has 3 aromatic rings. The Balaban J connectivity index is 1.64. The number of hydrogen-bond acceptors (Lipinski definition) is 5. The van der Waals surface area contributed by atoms with E-state index in [1.165, 1.54) is 0 Å². The highest BCUT2D eigenvalue weighted by atomic mass is 16.2. The standard InChI is InChI=1S/C26H37N7O/c1-4-6-14-27-26(34)32-16-10-15-31(17-18-32)24-22-19-28-33(21-12-8-7-9-13-21)25(22)30-23(29-24)20(3)11-5-2/h7-9,12-13,19-20H,4-6,10-11,14-18H2,1-3H3,(H,27,34). The molecule has 1 fully saturated rings. The van der Waals surface area contributed by atoms with Gasteiger partial charge in [-0.1, -0.05) is 51.8 Å². The lowest BCUT2D eigenvalue weighted by Gasteiger charge is -2.24. The van der Waals surface area contributed by atoms with Gasteiger partial charge in [-0.3, -0.25) is 0 Å². The van der Waals surface area contributed by atoms with Crippen LogP contribution < -0.4 is 10.2 Å². The fraction of sp³-hybridized carbons (Fsp3) is 0.538. The molecule has 0 spiro atoms. The van der Waals surface area contributed by atoms with Crippen molar-refractivity contribution in [2.24, 2.45) is 0 Å². The molecule has 1 saturated heterocycles. The second-order valence-electron chi connectivity index (χ2n) is 9.14. The van der Waals surface area contributed by atoms with Crippen molar-refractivity contribution in [3.8, 4) is 5.69 Å². The quantitative estimate of drug-likeness (QED) is 0.488. The highest BCUT2D eigenvalue weighted by Crippen LogP contribution is 2.29. The van der Waals surface area contributed by atoms with Crippen LogP contribution in [0.25, 0.3) is 16.7 Å². The van der Waals surface area contributed by atoms with Crippen LogP contribution in [0.4, 0.5) is 10.6 Å². The van der Waals surface area contributed by atoms with Crippen LogP contribution in [0.1, 0.15) is 64.6 Å². The molecule has 1 aliphatic rings. The molecule has 8 heteroatoms. The molecule has 0 radical (unpaired) electrons. The second kappa shape index (κ2) is 11.3. The van der Waals surface area contributed by atoms with E-state index in [1.54, 1.807) is 0 Å². The summed E-state index contributed by atoms with van der Waals surface area (Å²) in [6.45, 7) is 10.3. The van der Waals surface area contributed by atoms with Crippen molar-refractivity contribution in [3.63, 3.8) is 0 Å². The zero-order valence-electron chi connectivity index (χ0n) is 20.7. The molecule has 34 heavy (non-hydrogen) atoms. The summed E-state index contributed by atoms with van der Waals surface area (Å²) in [7, 11) is 0. The van der Waals surface area contributed by atoms with Crippen molar-refractivity contribution < 1.29 is 4.79 Å². The third-order valence-electron chi connectivity index (χ3n) is 6.48. The van der Waals surface area contributed by atoms with Gasteiger partial charge in [-0.2, -0.15) is 5.10 Å².